The molecule has 0 radical (unpaired) electrons. The van der Waals surface area contributed by atoms with Crippen molar-refractivity contribution in [3.8, 4) is 0 Å². The number of Topliss-reactive ketones (excluding diaryl/α,β-unsaturated/α-hetero) is 1. The number of carbonyl (C=O) groups excluding carboxylic acids is 1. The smallest absolute Gasteiger partial charge is 0.233 e. The molecule has 1 atom stereocenters. The average Bonchev–Trinajstić information content (AvgIpc) is 2.36. The first-order chi connectivity index (χ1) is 8.58. The van der Waals surface area contributed by atoms with E-state index in [9.17, 15) is 9.70 Å². The second-order valence-corrected chi connectivity index (χ2v) is 4.58. The number of nitrogens with zero attached hydrogens (tertiary/aromatic N) is 1. The number of rotatable bonds is 3. The van der Waals surface area contributed by atoms with Crippen molar-refractivity contribution >= 4 is 5.78 Å². The van der Waals surface area contributed by atoms with Gasteiger partial charge in [0.1, 0.15) is 0 Å². The van der Waals surface area contributed by atoms with Crippen LogP contribution in [-0.2, 0) is 0 Å². The van der Waals surface area contributed by atoms with Crippen molar-refractivity contribution in [1.82, 2.24) is 0 Å². The van der Waals surface area contributed by atoms with E-state index >= 15 is 0 Å². The summed E-state index contributed by atoms with van der Waals surface area (Å²) in [4.78, 5) is 23.8. The maximum absolute atomic E-state index is 12.1. The number of carbonyl (C=O) groups is 1. The molecule has 3 heteroatoms. The number of nitroso groups, excluding NO2 is 1. The molecule has 0 saturated carbocycles. The summed E-state index contributed by atoms with van der Waals surface area (Å²) < 4.78 is 0.895. The molecule has 1 aliphatic heterocycles. The first kappa shape index (κ1) is 12.4. The van der Waals surface area contributed by atoms with E-state index in [1.54, 1.807) is 19.1 Å². The van der Waals surface area contributed by atoms with Crippen LogP contribution in [0.25, 0.3) is 0 Å². The van der Waals surface area contributed by atoms with Crippen LogP contribution >= 0.6 is 0 Å². The lowest BCUT2D eigenvalue weighted by Crippen LogP contribution is -2.25. The van der Waals surface area contributed by atoms with Crippen LogP contribution in [0.4, 0.5) is 0 Å². The monoisotopic (exact) mass is 242 g/mol. The third-order valence-corrected chi connectivity index (χ3v) is 3.09. The van der Waals surface area contributed by atoms with Crippen LogP contribution in [0, 0.1) is 11.8 Å². The van der Waals surface area contributed by atoms with E-state index in [2.05, 4.69) is 0 Å². The molecule has 0 aliphatic carbocycles. The lowest BCUT2D eigenvalue weighted by atomic mass is 10.0. The Morgan fingerprint density at radius 3 is 2.56 bits per heavy atom. The van der Waals surface area contributed by atoms with Crippen molar-refractivity contribution in [2.45, 2.75) is 26.3 Å². The molecule has 0 N–H and O–H groups in total. The lowest BCUT2D eigenvalue weighted by Gasteiger charge is -2.07. The van der Waals surface area contributed by atoms with Gasteiger partial charge in [0, 0.05) is 28.2 Å². The molecule has 1 aromatic carbocycles. The van der Waals surface area contributed by atoms with Gasteiger partial charge in [-0.05, 0) is 13.0 Å². The number of hydrogen-bond acceptors (Lipinski definition) is 2. The molecule has 1 unspecified atom stereocenters. The topological polar surface area (TPSA) is 37.1 Å². The molecule has 3 nitrogen and oxygen atoms in total. The van der Waals surface area contributed by atoms with E-state index in [0.29, 0.717) is 11.3 Å². The second-order valence-electron chi connectivity index (χ2n) is 4.58. The molecule has 0 aromatic heterocycles. The predicted octanol–water partition coefficient (Wildman–Crippen LogP) is 3.19. The third kappa shape index (κ3) is 2.62. The van der Waals surface area contributed by atoms with Crippen molar-refractivity contribution in [2.24, 2.45) is 0 Å². The van der Waals surface area contributed by atoms with Gasteiger partial charge in [-0.3, -0.25) is 4.79 Å². The second kappa shape index (κ2) is 5.08. The van der Waals surface area contributed by atoms with Crippen molar-refractivity contribution < 1.29 is 9.55 Å². The molecule has 0 fully saturated rings. The maximum Gasteiger partial charge on any atom is 0.233 e. The Morgan fingerprint density at radius 1 is 1.22 bits per heavy atom. The van der Waals surface area contributed by atoms with Crippen LogP contribution in [0.5, 0.6) is 0 Å². The van der Waals surface area contributed by atoms with Gasteiger partial charge in [0.2, 0.25) is 11.7 Å². The van der Waals surface area contributed by atoms with Gasteiger partial charge in [-0.1, -0.05) is 35.9 Å². The molecule has 18 heavy (non-hydrogen) atoms. The van der Waals surface area contributed by atoms with Gasteiger partial charge in [0.15, 0.2) is 5.78 Å². The summed E-state index contributed by atoms with van der Waals surface area (Å²) in [5.41, 5.74) is 2.42. The molecular formula is C15H16NO2+. The zero-order valence-electron chi connectivity index (χ0n) is 10.6. The third-order valence-electron chi connectivity index (χ3n) is 3.09. The highest BCUT2D eigenvalue weighted by Gasteiger charge is 2.29. The van der Waals surface area contributed by atoms with E-state index < -0.39 is 0 Å². The molecule has 2 rings (SSSR count). The first-order valence-corrected chi connectivity index (χ1v) is 5.99. The quantitative estimate of drug-likeness (QED) is 0.603. The van der Waals surface area contributed by atoms with Crippen LogP contribution < -0.4 is 0 Å². The summed E-state index contributed by atoms with van der Waals surface area (Å²) in [6, 6.07) is 7.04. The Morgan fingerprint density at radius 2 is 1.89 bits per heavy atom. The largest absolute Gasteiger partial charge is 0.294 e. The van der Waals surface area contributed by atoms with Crippen molar-refractivity contribution in [1.29, 1.82) is 0 Å². The Labute approximate surface area is 106 Å². The summed E-state index contributed by atoms with van der Waals surface area (Å²) in [5, 5.41) is 0. The van der Waals surface area contributed by atoms with Gasteiger partial charge in [0.05, 0.1) is 6.42 Å². The van der Waals surface area contributed by atoms with Crippen LogP contribution in [0.2, 0.25) is 0 Å². The molecule has 1 aliphatic rings. The fraction of sp³-hybridized carbons (Fsp3) is 0.267. The molecule has 1 heterocycles. The molecule has 0 amide bonds. The number of allylic oxidation sites excluding steroid dienone is 3. The summed E-state index contributed by atoms with van der Waals surface area (Å²) in [7, 11) is 0. The van der Waals surface area contributed by atoms with Gasteiger partial charge < -0.3 is 0 Å². The summed E-state index contributed by atoms with van der Waals surface area (Å²) in [6.45, 7) is 3.73. The van der Waals surface area contributed by atoms with Crippen molar-refractivity contribution in [3.05, 3.63) is 64.2 Å². The number of aryl methyl sites for hydroxylation is 1. The summed E-state index contributed by atoms with van der Waals surface area (Å²) in [6.07, 6.45) is 5.57. The molecule has 92 valence electrons. The Hall–Kier alpha value is -2.03. The minimum absolute atomic E-state index is 0.000185. The van der Waals surface area contributed by atoms with Gasteiger partial charge in [-0.15, -0.1) is 0 Å². The van der Waals surface area contributed by atoms with Crippen LogP contribution in [0.3, 0.4) is 0 Å². The molecule has 0 bridgehead atoms. The summed E-state index contributed by atoms with van der Waals surface area (Å²) in [5.74, 6) is 0.000185. The highest BCUT2D eigenvalue weighted by molar-refractivity contribution is 5.96. The maximum atomic E-state index is 12.1. The number of hydrogen-bond donors (Lipinski definition) is 0. The number of ketones is 1. The molecular weight excluding hydrogens is 226 g/mol. The number of benzene rings is 1. The minimum Gasteiger partial charge on any atom is -0.294 e. The van der Waals surface area contributed by atoms with Crippen LogP contribution in [-0.4, -0.2) is 16.6 Å². The van der Waals surface area contributed by atoms with Crippen molar-refractivity contribution in [2.75, 3.05) is 0 Å². The zero-order chi connectivity index (χ0) is 13.1. The highest BCUT2D eigenvalue weighted by atomic mass is 16.3. The van der Waals surface area contributed by atoms with Crippen LogP contribution in [0.1, 0.15) is 29.3 Å². The molecule has 0 spiro atoms. The Balaban J connectivity index is 2.09. The average molecular weight is 242 g/mol. The molecule has 1 aromatic rings. The van der Waals surface area contributed by atoms with Crippen LogP contribution in [0.15, 0.2) is 48.2 Å². The normalized spacial score (nSPS) is 18.7. The fourth-order valence-electron chi connectivity index (χ4n) is 1.93. The van der Waals surface area contributed by atoms with E-state index in [4.69, 9.17) is 0 Å². The lowest BCUT2D eigenvalue weighted by molar-refractivity contribution is -0.526. The van der Waals surface area contributed by atoms with Gasteiger partial charge in [0.25, 0.3) is 0 Å². The highest BCUT2D eigenvalue weighted by Crippen LogP contribution is 2.15. The Kier molecular flexibility index (Phi) is 3.51. The minimum atomic E-state index is -0.385. The first-order valence-electron chi connectivity index (χ1n) is 5.99. The van der Waals surface area contributed by atoms with E-state index in [-0.39, 0.29) is 18.2 Å². The summed E-state index contributed by atoms with van der Waals surface area (Å²) >= 11 is 0. The van der Waals surface area contributed by atoms with Gasteiger partial charge >= 0.3 is 0 Å². The van der Waals surface area contributed by atoms with E-state index in [0.717, 1.165) is 10.3 Å². The van der Waals surface area contributed by atoms with Gasteiger partial charge in [-0.25, -0.2) is 0 Å². The Bertz CT molecular complexity index is 538. The van der Waals surface area contributed by atoms with Gasteiger partial charge in [-0.2, -0.15) is 0 Å². The standard InChI is InChI=1S/C15H16NO2/c1-11-6-8-13(9-7-11)15(17)10-14-5-3-4-12(2)16(14)18/h3-9,14H,10H2,1-2H3/q+1. The zero-order valence-corrected chi connectivity index (χ0v) is 10.6. The van der Waals surface area contributed by atoms with E-state index in [1.807, 2.05) is 37.3 Å². The molecule has 0 saturated heterocycles. The fourth-order valence-corrected chi connectivity index (χ4v) is 1.93. The van der Waals surface area contributed by atoms with Crippen molar-refractivity contribution in [3.63, 3.8) is 0 Å². The van der Waals surface area contributed by atoms with E-state index in [1.165, 1.54) is 0 Å². The SMILES string of the molecule is CC1=CC=CC(CC(=O)c2ccc(C)cc2)[N+]1=O. The predicted molar refractivity (Wildman–Crippen MR) is 70.4 cm³/mol.